The number of para-hydroxylation sites is 2. The van der Waals surface area contributed by atoms with E-state index < -0.39 is 7.92 Å². The zero-order valence-electron chi connectivity index (χ0n) is 14.5. The minimum Gasteiger partial charge on any atom is -0.492 e. The maximum atomic E-state index is 6.04. The van der Waals surface area contributed by atoms with Crippen molar-refractivity contribution in [1.29, 1.82) is 0 Å². The molecule has 1 aromatic heterocycles. The first kappa shape index (κ1) is 15.8. The molecule has 3 nitrogen and oxygen atoms in total. The monoisotopic (exact) mass is 361 g/mol. The molecule has 0 amide bonds. The molecule has 2 aromatic carbocycles. The predicted octanol–water partition coefficient (Wildman–Crippen LogP) is 3.58. The second-order valence-electron chi connectivity index (χ2n) is 6.63. The molecule has 0 aliphatic carbocycles. The molecule has 0 radical (unpaired) electrons. The van der Waals surface area contributed by atoms with E-state index in [1.165, 1.54) is 21.7 Å². The van der Waals surface area contributed by atoms with Crippen LogP contribution in [0.25, 0.3) is 0 Å². The Hall–Kier alpha value is -2.38. The quantitative estimate of drug-likeness (QED) is 0.666. The van der Waals surface area contributed by atoms with Gasteiger partial charge >= 0.3 is 0 Å². The van der Waals surface area contributed by atoms with Crippen LogP contribution < -0.4 is 20.1 Å². The molecule has 0 atom stereocenters. The van der Waals surface area contributed by atoms with E-state index in [1.54, 1.807) is 0 Å². The normalized spacial score (nSPS) is 14.7. The van der Waals surface area contributed by atoms with Crippen molar-refractivity contribution in [1.82, 2.24) is 4.98 Å². The lowest BCUT2D eigenvalue weighted by molar-refractivity contribution is 0.359. The van der Waals surface area contributed by atoms with Crippen LogP contribution in [0.3, 0.4) is 0 Å². The van der Waals surface area contributed by atoms with Crippen molar-refractivity contribution in [3.8, 4) is 11.5 Å². The molecule has 4 heteroatoms. The van der Waals surface area contributed by atoms with Crippen LogP contribution in [-0.2, 0) is 19.0 Å². The topological polar surface area (TPSA) is 31.4 Å². The van der Waals surface area contributed by atoms with Gasteiger partial charge in [-0.15, -0.1) is 0 Å². The van der Waals surface area contributed by atoms with E-state index >= 15 is 0 Å². The molecule has 2 aliphatic rings. The SMILES string of the molecule is c1ccc(CP(c2cccc3c2OCC3)c2cccc3c2OCC3)nc1. The van der Waals surface area contributed by atoms with Crippen molar-refractivity contribution >= 4 is 18.5 Å². The molecular weight excluding hydrogens is 341 g/mol. The number of aromatic nitrogens is 1. The third-order valence-electron chi connectivity index (χ3n) is 5.02. The van der Waals surface area contributed by atoms with Crippen LogP contribution in [0.15, 0.2) is 60.8 Å². The minimum atomic E-state index is -0.645. The summed E-state index contributed by atoms with van der Waals surface area (Å²) in [5.41, 5.74) is 3.76. The Bertz CT molecular complexity index is 885. The fourth-order valence-electron chi connectivity index (χ4n) is 3.77. The molecule has 0 saturated carbocycles. The first-order valence-electron chi connectivity index (χ1n) is 9.07. The van der Waals surface area contributed by atoms with Crippen LogP contribution in [0, 0.1) is 0 Å². The molecule has 0 N–H and O–H groups in total. The van der Waals surface area contributed by atoms with Crippen LogP contribution in [0.5, 0.6) is 11.5 Å². The van der Waals surface area contributed by atoms with Crippen LogP contribution in [-0.4, -0.2) is 18.2 Å². The molecular formula is C22H20NO2P. The number of nitrogens with zero attached hydrogens (tertiary/aromatic N) is 1. The van der Waals surface area contributed by atoms with Crippen LogP contribution in [0.4, 0.5) is 0 Å². The van der Waals surface area contributed by atoms with Crippen molar-refractivity contribution in [2.75, 3.05) is 13.2 Å². The van der Waals surface area contributed by atoms with Gasteiger partial charge in [0.2, 0.25) is 0 Å². The summed E-state index contributed by atoms with van der Waals surface area (Å²) in [6, 6.07) is 19.3. The fourth-order valence-corrected chi connectivity index (χ4v) is 6.32. The molecule has 5 rings (SSSR count). The maximum Gasteiger partial charge on any atom is 0.130 e. The Morgan fingerprint density at radius 1 is 0.769 bits per heavy atom. The lowest BCUT2D eigenvalue weighted by Gasteiger charge is -2.22. The van der Waals surface area contributed by atoms with Gasteiger partial charge in [0.05, 0.1) is 13.2 Å². The number of hydrogen-bond acceptors (Lipinski definition) is 3. The summed E-state index contributed by atoms with van der Waals surface area (Å²) in [6.07, 6.45) is 4.77. The van der Waals surface area contributed by atoms with Gasteiger partial charge in [0, 0.05) is 41.5 Å². The molecule has 0 fully saturated rings. The number of fused-ring (bicyclic) bond motifs is 2. The van der Waals surface area contributed by atoms with Gasteiger partial charge in [-0.2, -0.15) is 0 Å². The fraction of sp³-hybridized carbons (Fsp3) is 0.227. The van der Waals surface area contributed by atoms with E-state index in [0.29, 0.717) is 0 Å². The van der Waals surface area contributed by atoms with Crippen molar-refractivity contribution in [2.45, 2.75) is 19.0 Å². The van der Waals surface area contributed by atoms with Gasteiger partial charge in [0.1, 0.15) is 11.5 Å². The largest absolute Gasteiger partial charge is 0.492 e. The van der Waals surface area contributed by atoms with Crippen molar-refractivity contribution in [3.05, 3.63) is 77.6 Å². The van der Waals surface area contributed by atoms with Crippen LogP contribution in [0.2, 0.25) is 0 Å². The third kappa shape index (κ3) is 2.77. The standard InChI is InChI=1S/C22H20NO2P/c1-2-12-23-18(7-1)15-26(19-8-3-5-16-10-13-24-21(16)19)20-9-4-6-17-11-14-25-22(17)20/h1-9,12H,10-11,13-15H2. The molecule has 3 aromatic rings. The Labute approximate surface area is 154 Å². The van der Waals surface area contributed by atoms with Gasteiger partial charge < -0.3 is 9.47 Å². The van der Waals surface area contributed by atoms with E-state index in [1.807, 2.05) is 12.3 Å². The van der Waals surface area contributed by atoms with Gasteiger partial charge in [-0.25, -0.2) is 0 Å². The minimum absolute atomic E-state index is 0.645. The molecule has 0 unspecified atom stereocenters. The van der Waals surface area contributed by atoms with E-state index in [2.05, 4.69) is 53.5 Å². The average molecular weight is 361 g/mol. The summed E-state index contributed by atoms with van der Waals surface area (Å²) in [5, 5.41) is 2.62. The molecule has 2 aliphatic heterocycles. The summed E-state index contributed by atoms with van der Waals surface area (Å²) < 4.78 is 12.1. The summed E-state index contributed by atoms with van der Waals surface area (Å²) in [7, 11) is -0.645. The zero-order chi connectivity index (χ0) is 17.3. The highest BCUT2D eigenvalue weighted by atomic mass is 31.1. The summed E-state index contributed by atoms with van der Waals surface area (Å²) in [5.74, 6) is 2.18. The highest BCUT2D eigenvalue weighted by Gasteiger charge is 2.28. The number of pyridine rings is 1. The third-order valence-corrected chi connectivity index (χ3v) is 7.52. The van der Waals surface area contributed by atoms with Gasteiger partial charge in [-0.1, -0.05) is 42.5 Å². The first-order chi connectivity index (χ1) is 12.9. The Kier molecular flexibility index (Phi) is 4.10. The average Bonchev–Trinajstić information content (AvgIpc) is 3.35. The van der Waals surface area contributed by atoms with E-state index in [-0.39, 0.29) is 0 Å². The van der Waals surface area contributed by atoms with Crippen molar-refractivity contribution in [2.24, 2.45) is 0 Å². The maximum absolute atomic E-state index is 6.04. The number of hydrogen-bond donors (Lipinski definition) is 0. The van der Waals surface area contributed by atoms with Gasteiger partial charge in [0.25, 0.3) is 0 Å². The van der Waals surface area contributed by atoms with E-state index in [4.69, 9.17) is 9.47 Å². The molecule has 26 heavy (non-hydrogen) atoms. The van der Waals surface area contributed by atoms with Crippen molar-refractivity contribution < 1.29 is 9.47 Å². The highest BCUT2D eigenvalue weighted by Crippen LogP contribution is 2.46. The Morgan fingerprint density at radius 2 is 1.42 bits per heavy atom. The lowest BCUT2D eigenvalue weighted by Crippen LogP contribution is -2.17. The van der Waals surface area contributed by atoms with Gasteiger partial charge in [-0.05, 0) is 31.2 Å². The molecule has 0 spiro atoms. The van der Waals surface area contributed by atoms with E-state index in [9.17, 15) is 0 Å². The van der Waals surface area contributed by atoms with Crippen LogP contribution in [0.1, 0.15) is 16.8 Å². The van der Waals surface area contributed by atoms with E-state index in [0.717, 1.165) is 49.4 Å². The molecule has 130 valence electrons. The smallest absolute Gasteiger partial charge is 0.130 e. The number of ether oxygens (including phenoxy) is 2. The predicted molar refractivity (Wildman–Crippen MR) is 105 cm³/mol. The summed E-state index contributed by atoms with van der Waals surface area (Å²) in [4.78, 5) is 4.59. The highest BCUT2D eigenvalue weighted by molar-refractivity contribution is 7.72. The molecule has 0 bridgehead atoms. The summed E-state index contributed by atoms with van der Waals surface area (Å²) in [6.45, 7) is 1.56. The second-order valence-corrected chi connectivity index (χ2v) is 8.77. The van der Waals surface area contributed by atoms with Gasteiger partial charge in [0.15, 0.2) is 0 Å². The molecule has 0 saturated heterocycles. The van der Waals surface area contributed by atoms with Gasteiger partial charge in [-0.3, -0.25) is 4.98 Å². The van der Waals surface area contributed by atoms with Crippen molar-refractivity contribution in [3.63, 3.8) is 0 Å². The Morgan fingerprint density at radius 3 is 2.00 bits per heavy atom. The number of benzene rings is 2. The zero-order valence-corrected chi connectivity index (χ0v) is 15.4. The first-order valence-corrected chi connectivity index (χ1v) is 10.6. The lowest BCUT2D eigenvalue weighted by atomic mass is 10.2. The Balaban J connectivity index is 1.65. The summed E-state index contributed by atoms with van der Waals surface area (Å²) >= 11 is 0. The van der Waals surface area contributed by atoms with Crippen LogP contribution >= 0.6 is 7.92 Å². The second kappa shape index (κ2) is 6.74. The molecule has 3 heterocycles. The number of rotatable bonds is 4.